The van der Waals surface area contributed by atoms with Gasteiger partial charge < -0.3 is 9.64 Å². The summed E-state index contributed by atoms with van der Waals surface area (Å²) in [5.74, 6) is 0.306. The zero-order valence-electron chi connectivity index (χ0n) is 12.5. The van der Waals surface area contributed by atoms with E-state index in [9.17, 15) is 4.79 Å². The summed E-state index contributed by atoms with van der Waals surface area (Å²) in [5, 5.41) is 3.62. The van der Waals surface area contributed by atoms with Gasteiger partial charge in [0.25, 0.3) is 0 Å². The first-order chi connectivity index (χ1) is 10.2. The number of nitrogens with one attached hydrogen (secondary N) is 1. The number of carbonyl (C=O) groups is 1. The van der Waals surface area contributed by atoms with Crippen molar-refractivity contribution in [2.75, 3.05) is 13.2 Å². The maximum Gasteiger partial charge on any atom is 0.244 e. The Morgan fingerprint density at radius 2 is 2.05 bits per heavy atom. The van der Waals surface area contributed by atoms with Gasteiger partial charge in [-0.1, -0.05) is 29.8 Å². The molecule has 1 atom stereocenters. The van der Waals surface area contributed by atoms with Crippen molar-refractivity contribution in [1.29, 1.82) is 0 Å². The molecule has 3 fully saturated rings. The van der Waals surface area contributed by atoms with Crippen LogP contribution in [-0.2, 0) is 9.53 Å². The van der Waals surface area contributed by atoms with Gasteiger partial charge in [0.2, 0.25) is 5.91 Å². The highest BCUT2D eigenvalue weighted by Gasteiger charge is 2.60. The Labute approximate surface area is 125 Å². The average Bonchev–Trinajstić information content (AvgIpc) is 3.22. The number of carbonyl (C=O) groups excluding carboxylic acids is 1. The monoisotopic (exact) mass is 286 g/mol. The lowest BCUT2D eigenvalue weighted by molar-refractivity contribution is -0.135. The van der Waals surface area contributed by atoms with E-state index in [0.717, 1.165) is 38.9 Å². The van der Waals surface area contributed by atoms with Gasteiger partial charge in [-0.2, -0.15) is 0 Å². The van der Waals surface area contributed by atoms with Crippen LogP contribution in [0.3, 0.4) is 0 Å². The molecule has 1 aromatic carbocycles. The zero-order chi connectivity index (χ0) is 14.4. The van der Waals surface area contributed by atoms with Crippen LogP contribution in [0.1, 0.15) is 43.0 Å². The highest BCUT2D eigenvalue weighted by molar-refractivity contribution is 5.92. The van der Waals surface area contributed by atoms with E-state index in [4.69, 9.17) is 4.74 Å². The number of hydrogen-bond donors (Lipinski definition) is 1. The molecule has 4 rings (SSSR count). The minimum absolute atomic E-state index is 0.0306. The van der Waals surface area contributed by atoms with Gasteiger partial charge in [0.05, 0.1) is 0 Å². The van der Waals surface area contributed by atoms with Gasteiger partial charge in [-0.05, 0) is 38.2 Å². The van der Waals surface area contributed by atoms with Crippen LogP contribution in [0.4, 0.5) is 0 Å². The van der Waals surface area contributed by atoms with Crippen LogP contribution in [0.5, 0.6) is 0 Å². The fourth-order valence-electron chi connectivity index (χ4n) is 3.66. The molecule has 112 valence electrons. The number of amides is 1. The second-order valence-corrected chi connectivity index (χ2v) is 6.60. The Kier molecular flexibility index (Phi) is 3.05. The summed E-state index contributed by atoms with van der Waals surface area (Å²) in [7, 11) is 0. The molecular formula is C17H22N2O2. The van der Waals surface area contributed by atoms with Gasteiger partial charge >= 0.3 is 0 Å². The third kappa shape index (κ3) is 2.17. The minimum atomic E-state index is -0.257. The maximum atomic E-state index is 12.9. The predicted molar refractivity (Wildman–Crippen MR) is 79.7 cm³/mol. The quantitative estimate of drug-likeness (QED) is 0.905. The summed E-state index contributed by atoms with van der Waals surface area (Å²) in [6.45, 7) is 3.63. The van der Waals surface area contributed by atoms with E-state index >= 15 is 0 Å². The van der Waals surface area contributed by atoms with Crippen molar-refractivity contribution in [3.8, 4) is 0 Å². The van der Waals surface area contributed by atoms with Crippen LogP contribution in [-0.4, -0.2) is 35.6 Å². The van der Waals surface area contributed by atoms with Crippen molar-refractivity contribution in [1.82, 2.24) is 10.2 Å². The first-order valence-electron chi connectivity index (χ1n) is 7.94. The van der Waals surface area contributed by atoms with E-state index < -0.39 is 0 Å². The van der Waals surface area contributed by atoms with Crippen LogP contribution in [0.2, 0.25) is 0 Å². The molecule has 1 N–H and O–H groups in total. The fraction of sp³-hybridized carbons (Fsp3) is 0.588. The highest BCUT2D eigenvalue weighted by atomic mass is 16.5. The molecule has 0 aromatic heterocycles. The summed E-state index contributed by atoms with van der Waals surface area (Å²) < 4.78 is 5.46. The molecule has 0 radical (unpaired) electrons. The first kappa shape index (κ1) is 13.3. The predicted octanol–water partition coefficient (Wildman–Crippen LogP) is 2.14. The number of benzene rings is 1. The van der Waals surface area contributed by atoms with Crippen molar-refractivity contribution >= 4 is 5.91 Å². The smallest absolute Gasteiger partial charge is 0.244 e. The second-order valence-electron chi connectivity index (χ2n) is 6.60. The summed E-state index contributed by atoms with van der Waals surface area (Å²) in [4.78, 5) is 15.0. The van der Waals surface area contributed by atoms with Gasteiger partial charge in [0, 0.05) is 19.3 Å². The van der Waals surface area contributed by atoms with Gasteiger partial charge in [0.1, 0.15) is 11.7 Å². The number of nitrogens with zero attached hydrogens (tertiary/aromatic N) is 1. The Balaban J connectivity index is 1.68. The summed E-state index contributed by atoms with van der Waals surface area (Å²) >= 11 is 0. The van der Waals surface area contributed by atoms with Crippen LogP contribution < -0.4 is 5.32 Å². The zero-order valence-corrected chi connectivity index (χ0v) is 12.5. The van der Waals surface area contributed by atoms with Crippen molar-refractivity contribution in [3.63, 3.8) is 0 Å². The molecule has 1 aliphatic carbocycles. The normalized spacial score (nSPS) is 28.3. The van der Waals surface area contributed by atoms with Gasteiger partial charge in [0.15, 0.2) is 0 Å². The molecule has 21 heavy (non-hydrogen) atoms. The second kappa shape index (κ2) is 4.82. The van der Waals surface area contributed by atoms with Crippen LogP contribution >= 0.6 is 0 Å². The molecule has 2 aliphatic heterocycles. The topological polar surface area (TPSA) is 41.6 Å². The molecule has 1 aromatic rings. The number of ether oxygens (including phenoxy) is 1. The van der Waals surface area contributed by atoms with E-state index in [1.807, 2.05) is 0 Å². The molecule has 4 heteroatoms. The lowest BCUT2D eigenvalue weighted by Gasteiger charge is -2.35. The van der Waals surface area contributed by atoms with Crippen LogP contribution in [0, 0.1) is 6.92 Å². The molecule has 1 unspecified atom stereocenters. The first-order valence-corrected chi connectivity index (χ1v) is 7.94. The molecular weight excluding hydrogens is 264 g/mol. The molecule has 4 nitrogen and oxygen atoms in total. The third-order valence-electron chi connectivity index (χ3n) is 5.03. The number of aryl methyl sites for hydroxylation is 1. The van der Waals surface area contributed by atoms with Crippen molar-refractivity contribution in [2.24, 2.45) is 0 Å². The van der Waals surface area contributed by atoms with Crippen molar-refractivity contribution in [3.05, 3.63) is 35.4 Å². The molecule has 0 bridgehead atoms. The molecule has 2 saturated heterocycles. The van der Waals surface area contributed by atoms with E-state index in [2.05, 4.69) is 41.4 Å². The maximum absolute atomic E-state index is 12.9. The van der Waals surface area contributed by atoms with Crippen molar-refractivity contribution in [2.45, 2.75) is 50.4 Å². The van der Waals surface area contributed by atoms with Gasteiger partial charge in [-0.15, -0.1) is 0 Å². The fourth-order valence-corrected chi connectivity index (χ4v) is 3.66. The standard InChI is InChI=1S/C17H22N2O2/c1-12-3-2-4-13(11-12)15-18-17(7-8-17)16(20)19(15)14-5-9-21-10-6-14/h2-4,11,14-15,18H,5-10H2,1H3. The van der Waals surface area contributed by atoms with E-state index in [1.54, 1.807) is 0 Å². The van der Waals surface area contributed by atoms with Crippen LogP contribution in [0.15, 0.2) is 24.3 Å². The third-order valence-corrected chi connectivity index (χ3v) is 5.03. The molecule has 2 heterocycles. The molecule has 1 spiro atoms. The Hall–Kier alpha value is -1.39. The van der Waals surface area contributed by atoms with Crippen molar-refractivity contribution < 1.29 is 9.53 Å². The lowest BCUT2D eigenvalue weighted by atomic mass is 10.0. The number of rotatable bonds is 2. The largest absolute Gasteiger partial charge is 0.381 e. The van der Waals surface area contributed by atoms with Gasteiger partial charge in [-0.3, -0.25) is 10.1 Å². The minimum Gasteiger partial charge on any atom is -0.381 e. The SMILES string of the molecule is Cc1cccc(C2NC3(CC3)C(=O)N2C2CCOCC2)c1. The Bertz CT molecular complexity index is 562. The molecule has 1 amide bonds. The van der Waals surface area contributed by atoms with E-state index in [1.165, 1.54) is 11.1 Å². The van der Waals surface area contributed by atoms with E-state index in [-0.39, 0.29) is 11.7 Å². The lowest BCUT2D eigenvalue weighted by Crippen LogP contribution is -2.43. The van der Waals surface area contributed by atoms with Gasteiger partial charge in [-0.25, -0.2) is 0 Å². The number of hydrogen-bond acceptors (Lipinski definition) is 3. The highest BCUT2D eigenvalue weighted by Crippen LogP contribution is 2.47. The Morgan fingerprint density at radius 3 is 2.71 bits per heavy atom. The summed E-state index contributed by atoms with van der Waals surface area (Å²) in [5.41, 5.74) is 2.19. The van der Waals surface area contributed by atoms with E-state index in [0.29, 0.717) is 11.9 Å². The molecule has 1 saturated carbocycles. The Morgan fingerprint density at radius 1 is 1.29 bits per heavy atom. The van der Waals surface area contributed by atoms with Crippen LogP contribution in [0.25, 0.3) is 0 Å². The summed E-state index contributed by atoms with van der Waals surface area (Å²) in [6.07, 6.45) is 3.89. The summed E-state index contributed by atoms with van der Waals surface area (Å²) in [6, 6.07) is 8.82. The average molecular weight is 286 g/mol. The molecule has 3 aliphatic rings.